The number of hydrogen-bond donors (Lipinski definition) is 1. The Morgan fingerprint density at radius 1 is 1.00 bits per heavy atom. The van der Waals surface area contributed by atoms with Crippen LogP contribution in [0.25, 0.3) is 11.1 Å². The van der Waals surface area contributed by atoms with Crippen LogP contribution in [0, 0.1) is 0 Å². The van der Waals surface area contributed by atoms with Gasteiger partial charge in [-0.1, -0.05) is 61.0 Å². The maximum atomic E-state index is 12.7. The third kappa shape index (κ3) is 3.68. The topological polar surface area (TPSA) is 32.3 Å². The van der Waals surface area contributed by atoms with Gasteiger partial charge in [-0.3, -0.25) is 9.69 Å². The monoisotopic (exact) mass is 348 g/mol. The van der Waals surface area contributed by atoms with Crippen molar-refractivity contribution in [2.75, 3.05) is 13.1 Å². The van der Waals surface area contributed by atoms with Crippen molar-refractivity contribution < 1.29 is 4.79 Å². The average molecular weight is 348 g/mol. The van der Waals surface area contributed by atoms with Gasteiger partial charge in [-0.2, -0.15) is 0 Å². The molecular weight excluding hydrogens is 320 g/mol. The lowest BCUT2D eigenvalue weighted by Crippen LogP contribution is -2.43. The van der Waals surface area contributed by atoms with E-state index in [-0.39, 0.29) is 11.8 Å². The number of likely N-dealkylation sites (tertiary alicyclic amines) is 1. The first-order valence-corrected chi connectivity index (χ1v) is 9.90. The van der Waals surface area contributed by atoms with Gasteiger partial charge in [0.2, 0.25) is 5.91 Å². The molecule has 2 aromatic rings. The van der Waals surface area contributed by atoms with E-state index in [0.717, 1.165) is 31.1 Å². The van der Waals surface area contributed by atoms with Crippen LogP contribution in [0.4, 0.5) is 0 Å². The minimum atomic E-state index is -0.113. The molecule has 3 heteroatoms. The normalized spacial score (nSPS) is 22.0. The fraction of sp³-hybridized carbons (Fsp3) is 0.435. The first-order valence-electron chi connectivity index (χ1n) is 9.90. The maximum Gasteiger partial charge on any atom is 0.227 e. The zero-order chi connectivity index (χ0) is 17.9. The van der Waals surface area contributed by atoms with Crippen molar-refractivity contribution >= 4 is 5.91 Å². The van der Waals surface area contributed by atoms with Crippen LogP contribution in [0.5, 0.6) is 0 Å². The van der Waals surface area contributed by atoms with Gasteiger partial charge in [0.05, 0.1) is 5.92 Å². The molecule has 2 fully saturated rings. The van der Waals surface area contributed by atoms with Crippen LogP contribution < -0.4 is 5.32 Å². The number of hydrogen-bond acceptors (Lipinski definition) is 2. The van der Waals surface area contributed by atoms with Crippen molar-refractivity contribution in [1.82, 2.24) is 10.2 Å². The van der Waals surface area contributed by atoms with Crippen LogP contribution in [0.3, 0.4) is 0 Å². The lowest BCUT2D eigenvalue weighted by atomic mass is 9.92. The van der Waals surface area contributed by atoms with Gasteiger partial charge in [-0.05, 0) is 42.9 Å². The molecule has 3 nitrogen and oxygen atoms in total. The van der Waals surface area contributed by atoms with Gasteiger partial charge in [-0.25, -0.2) is 0 Å². The van der Waals surface area contributed by atoms with Gasteiger partial charge < -0.3 is 5.32 Å². The van der Waals surface area contributed by atoms with Crippen molar-refractivity contribution in [2.24, 2.45) is 0 Å². The molecule has 2 aliphatic rings. The summed E-state index contributed by atoms with van der Waals surface area (Å²) in [6.07, 6.45) is 5.13. The fourth-order valence-corrected chi connectivity index (χ4v) is 4.06. The highest BCUT2D eigenvalue weighted by molar-refractivity contribution is 5.83. The van der Waals surface area contributed by atoms with E-state index in [1.807, 2.05) is 25.1 Å². The summed E-state index contributed by atoms with van der Waals surface area (Å²) in [5.74, 6) is 0.0375. The number of rotatable bonds is 5. The Labute approximate surface area is 156 Å². The summed E-state index contributed by atoms with van der Waals surface area (Å²) in [6.45, 7) is 4.16. The molecule has 2 atom stereocenters. The van der Waals surface area contributed by atoms with Crippen LogP contribution in [0.1, 0.15) is 44.1 Å². The summed E-state index contributed by atoms with van der Waals surface area (Å²) in [5, 5.41) is 3.28. The highest BCUT2D eigenvalue weighted by atomic mass is 16.1. The molecule has 0 radical (unpaired) electrons. The smallest absolute Gasteiger partial charge is 0.227 e. The maximum absolute atomic E-state index is 12.7. The highest BCUT2D eigenvalue weighted by Crippen LogP contribution is 2.28. The Morgan fingerprint density at radius 3 is 2.35 bits per heavy atom. The Bertz CT molecular complexity index is 737. The molecule has 26 heavy (non-hydrogen) atoms. The van der Waals surface area contributed by atoms with Crippen molar-refractivity contribution in [3.05, 3.63) is 60.2 Å². The predicted molar refractivity (Wildman–Crippen MR) is 106 cm³/mol. The van der Waals surface area contributed by atoms with Gasteiger partial charge in [0, 0.05) is 25.2 Å². The van der Waals surface area contributed by atoms with E-state index in [9.17, 15) is 4.79 Å². The standard InChI is InChI=1S/C23H28N2O/c1-17(18-10-12-20(13-11-18)19-6-3-2-4-7-19)23(26)24-21-14-15-25(16-21)22-8-5-9-22/h2-4,6-7,10-13,17,21-22H,5,8-9,14-16H2,1H3,(H,24,26). The Hall–Kier alpha value is -2.13. The van der Waals surface area contributed by atoms with E-state index in [1.165, 1.54) is 30.4 Å². The first kappa shape index (κ1) is 17.3. The number of nitrogens with zero attached hydrogens (tertiary/aromatic N) is 1. The number of amides is 1. The van der Waals surface area contributed by atoms with Gasteiger partial charge in [-0.15, -0.1) is 0 Å². The molecule has 136 valence electrons. The van der Waals surface area contributed by atoms with E-state index in [4.69, 9.17) is 0 Å². The Morgan fingerprint density at radius 2 is 1.69 bits per heavy atom. The van der Waals surface area contributed by atoms with Gasteiger partial charge >= 0.3 is 0 Å². The van der Waals surface area contributed by atoms with Gasteiger partial charge in [0.25, 0.3) is 0 Å². The number of nitrogens with one attached hydrogen (secondary N) is 1. The van der Waals surface area contributed by atoms with Gasteiger partial charge in [0.1, 0.15) is 0 Å². The summed E-state index contributed by atoms with van der Waals surface area (Å²) in [6, 6.07) is 19.8. The third-order valence-electron chi connectivity index (χ3n) is 6.07. The second-order valence-electron chi connectivity index (χ2n) is 7.78. The molecule has 2 unspecified atom stereocenters. The van der Waals surface area contributed by atoms with E-state index in [1.54, 1.807) is 0 Å². The van der Waals surface area contributed by atoms with E-state index in [0.29, 0.717) is 6.04 Å². The Kier molecular flexibility index (Phi) is 5.07. The largest absolute Gasteiger partial charge is 0.352 e. The van der Waals surface area contributed by atoms with Crippen molar-refractivity contribution in [3.8, 4) is 11.1 Å². The minimum Gasteiger partial charge on any atom is -0.352 e. The van der Waals surface area contributed by atoms with E-state index >= 15 is 0 Å². The summed E-state index contributed by atoms with van der Waals surface area (Å²) in [5.41, 5.74) is 3.48. The number of carbonyl (C=O) groups excluding carboxylic acids is 1. The summed E-state index contributed by atoms with van der Waals surface area (Å²) < 4.78 is 0. The molecule has 1 aliphatic carbocycles. The third-order valence-corrected chi connectivity index (χ3v) is 6.07. The van der Waals surface area contributed by atoms with Crippen LogP contribution in [-0.2, 0) is 4.79 Å². The molecule has 2 aromatic carbocycles. The van der Waals surface area contributed by atoms with Crippen molar-refractivity contribution in [3.63, 3.8) is 0 Å². The molecule has 4 rings (SSSR count). The highest BCUT2D eigenvalue weighted by Gasteiger charge is 2.32. The average Bonchev–Trinajstić information content (AvgIpc) is 3.08. The second kappa shape index (κ2) is 7.63. The van der Waals surface area contributed by atoms with Crippen LogP contribution >= 0.6 is 0 Å². The van der Waals surface area contributed by atoms with Gasteiger partial charge in [0.15, 0.2) is 0 Å². The van der Waals surface area contributed by atoms with E-state index in [2.05, 4.69) is 46.6 Å². The van der Waals surface area contributed by atoms with Crippen molar-refractivity contribution in [1.29, 1.82) is 0 Å². The zero-order valence-electron chi connectivity index (χ0n) is 15.5. The molecule has 1 saturated heterocycles. The first-order chi connectivity index (χ1) is 12.7. The second-order valence-corrected chi connectivity index (χ2v) is 7.78. The molecule has 1 heterocycles. The summed E-state index contributed by atoms with van der Waals surface area (Å²) in [7, 11) is 0. The van der Waals surface area contributed by atoms with Crippen LogP contribution in [0.2, 0.25) is 0 Å². The SMILES string of the molecule is CC(C(=O)NC1CCN(C2CCC2)C1)c1ccc(-c2ccccc2)cc1. The Balaban J connectivity index is 1.35. The molecule has 1 saturated carbocycles. The molecule has 1 amide bonds. The molecular formula is C23H28N2O. The minimum absolute atomic E-state index is 0.113. The van der Waals surface area contributed by atoms with Crippen LogP contribution in [-0.4, -0.2) is 36.0 Å². The summed E-state index contributed by atoms with van der Waals surface area (Å²) >= 11 is 0. The molecule has 0 spiro atoms. The number of carbonyl (C=O) groups is 1. The lowest BCUT2D eigenvalue weighted by molar-refractivity contribution is -0.122. The fourth-order valence-electron chi connectivity index (χ4n) is 4.06. The predicted octanol–water partition coefficient (Wildman–Crippen LogP) is 4.20. The molecule has 1 N–H and O–H groups in total. The summed E-state index contributed by atoms with van der Waals surface area (Å²) in [4.78, 5) is 15.2. The molecule has 1 aliphatic heterocycles. The number of benzene rings is 2. The quantitative estimate of drug-likeness (QED) is 0.878. The van der Waals surface area contributed by atoms with E-state index < -0.39 is 0 Å². The van der Waals surface area contributed by atoms with Crippen molar-refractivity contribution in [2.45, 2.75) is 50.6 Å². The molecule has 0 bridgehead atoms. The lowest BCUT2D eigenvalue weighted by Gasteiger charge is -2.34. The molecule has 0 aromatic heterocycles. The van der Waals surface area contributed by atoms with Crippen LogP contribution in [0.15, 0.2) is 54.6 Å². The zero-order valence-corrected chi connectivity index (χ0v) is 15.5.